The summed E-state index contributed by atoms with van der Waals surface area (Å²) < 4.78 is 37.8. The van der Waals surface area contributed by atoms with Crippen LogP contribution in [-0.2, 0) is 6.18 Å². The first-order valence-corrected chi connectivity index (χ1v) is 6.03. The van der Waals surface area contributed by atoms with Gasteiger partial charge in [-0.05, 0) is 19.3 Å². The number of anilines is 1. The molecule has 0 saturated carbocycles. The van der Waals surface area contributed by atoms with Crippen molar-refractivity contribution < 1.29 is 13.2 Å². The van der Waals surface area contributed by atoms with Crippen LogP contribution in [0, 0.1) is 5.92 Å². The van der Waals surface area contributed by atoms with Crippen LogP contribution in [0.15, 0.2) is 6.07 Å². The first-order valence-electron chi connectivity index (χ1n) is 5.66. The SMILES string of the molecule is CC1CC(C)N(c2cc(Cl)nc(C(F)(F)F)n2)C1. The average Bonchev–Trinajstić information content (AvgIpc) is 2.55. The summed E-state index contributed by atoms with van der Waals surface area (Å²) in [7, 11) is 0. The molecule has 0 aliphatic carbocycles. The van der Waals surface area contributed by atoms with Gasteiger partial charge in [-0.15, -0.1) is 0 Å². The fourth-order valence-corrected chi connectivity index (χ4v) is 2.48. The smallest absolute Gasteiger partial charge is 0.353 e. The summed E-state index contributed by atoms with van der Waals surface area (Å²) in [6, 6.07) is 1.54. The first-order chi connectivity index (χ1) is 8.27. The molecule has 1 saturated heterocycles. The van der Waals surface area contributed by atoms with Crippen LogP contribution in [0.25, 0.3) is 0 Å². The highest BCUT2D eigenvalue weighted by Gasteiger charge is 2.36. The average molecular weight is 280 g/mol. The molecule has 2 unspecified atom stereocenters. The minimum atomic E-state index is -4.58. The molecule has 0 N–H and O–H groups in total. The summed E-state index contributed by atoms with van der Waals surface area (Å²) in [5, 5.41) is -0.181. The van der Waals surface area contributed by atoms with Crippen LogP contribution in [0.5, 0.6) is 0 Å². The lowest BCUT2D eigenvalue weighted by Gasteiger charge is -2.23. The Morgan fingerprint density at radius 1 is 1.33 bits per heavy atom. The van der Waals surface area contributed by atoms with Crippen LogP contribution in [0.4, 0.5) is 19.0 Å². The van der Waals surface area contributed by atoms with Crippen molar-refractivity contribution in [2.24, 2.45) is 5.92 Å². The van der Waals surface area contributed by atoms with E-state index in [1.807, 2.05) is 11.8 Å². The predicted molar refractivity (Wildman–Crippen MR) is 62.6 cm³/mol. The van der Waals surface area contributed by atoms with Crippen molar-refractivity contribution in [3.8, 4) is 0 Å². The maximum atomic E-state index is 12.6. The van der Waals surface area contributed by atoms with Gasteiger partial charge in [0.15, 0.2) is 0 Å². The Labute approximate surface area is 108 Å². The number of hydrogen-bond donors (Lipinski definition) is 0. The lowest BCUT2D eigenvalue weighted by molar-refractivity contribution is -0.144. The van der Waals surface area contributed by atoms with Gasteiger partial charge < -0.3 is 4.90 Å². The fraction of sp³-hybridized carbons (Fsp3) is 0.636. The van der Waals surface area contributed by atoms with E-state index in [0.29, 0.717) is 12.5 Å². The van der Waals surface area contributed by atoms with Gasteiger partial charge in [0, 0.05) is 18.7 Å². The van der Waals surface area contributed by atoms with E-state index in [2.05, 4.69) is 16.9 Å². The maximum absolute atomic E-state index is 12.6. The molecule has 2 rings (SSSR count). The van der Waals surface area contributed by atoms with Crippen molar-refractivity contribution in [3.63, 3.8) is 0 Å². The molecule has 3 nitrogen and oxygen atoms in total. The van der Waals surface area contributed by atoms with Gasteiger partial charge in [-0.1, -0.05) is 18.5 Å². The zero-order valence-corrected chi connectivity index (χ0v) is 10.8. The van der Waals surface area contributed by atoms with Gasteiger partial charge in [0.1, 0.15) is 11.0 Å². The van der Waals surface area contributed by atoms with Gasteiger partial charge in [-0.2, -0.15) is 13.2 Å². The Balaban J connectivity index is 2.37. The van der Waals surface area contributed by atoms with E-state index in [1.165, 1.54) is 6.07 Å². The van der Waals surface area contributed by atoms with Crippen molar-refractivity contribution in [1.82, 2.24) is 9.97 Å². The van der Waals surface area contributed by atoms with Crippen LogP contribution in [0.1, 0.15) is 26.1 Å². The molecular formula is C11H13ClF3N3. The zero-order valence-electron chi connectivity index (χ0n) is 10.00. The number of nitrogens with zero attached hydrogens (tertiary/aromatic N) is 3. The van der Waals surface area contributed by atoms with Crippen LogP contribution < -0.4 is 4.90 Å². The molecule has 0 radical (unpaired) electrons. The monoisotopic (exact) mass is 279 g/mol. The van der Waals surface area contributed by atoms with Crippen molar-refractivity contribution in [1.29, 1.82) is 0 Å². The summed E-state index contributed by atoms with van der Waals surface area (Å²) >= 11 is 5.64. The van der Waals surface area contributed by atoms with E-state index >= 15 is 0 Å². The number of halogens is 4. The van der Waals surface area contributed by atoms with Crippen molar-refractivity contribution >= 4 is 17.4 Å². The van der Waals surface area contributed by atoms with E-state index in [0.717, 1.165) is 6.42 Å². The van der Waals surface area contributed by atoms with Gasteiger partial charge in [0.05, 0.1) is 0 Å². The van der Waals surface area contributed by atoms with Crippen LogP contribution >= 0.6 is 11.6 Å². The molecule has 1 aromatic rings. The normalized spacial score (nSPS) is 24.7. The third-order valence-electron chi connectivity index (χ3n) is 3.01. The third-order valence-corrected chi connectivity index (χ3v) is 3.21. The standard InChI is InChI=1S/C11H13ClF3N3/c1-6-3-7(2)18(5-6)9-4-8(12)16-10(17-9)11(13,14)15/h4,6-7H,3,5H2,1-2H3. The molecule has 1 aromatic heterocycles. The lowest BCUT2D eigenvalue weighted by Crippen LogP contribution is -2.28. The topological polar surface area (TPSA) is 29.0 Å². The van der Waals surface area contributed by atoms with Crippen LogP contribution in [0.2, 0.25) is 5.15 Å². The third kappa shape index (κ3) is 2.68. The molecule has 1 aliphatic rings. The molecule has 2 atom stereocenters. The fourth-order valence-electron chi connectivity index (χ4n) is 2.30. The highest BCUT2D eigenvalue weighted by Crippen LogP contribution is 2.32. The molecule has 1 fully saturated rings. The van der Waals surface area contributed by atoms with Crippen molar-refractivity contribution in [2.75, 3.05) is 11.4 Å². The maximum Gasteiger partial charge on any atom is 0.451 e. The number of rotatable bonds is 1. The van der Waals surface area contributed by atoms with Gasteiger partial charge in [-0.25, -0.2) is 9.97 Å². The van der Waals surface area contributed by atoms with Crippen molar-refractivity contribution in [3.05, 3.63) is 17.0 Å². The molecule has 0 bridgehead atoms. The number of hydrogen-bond acceptors (Lipinski definition) is 3. The van der Waals surface area contributed by atoms with E-state index < -0.39 is 12.0 Å². The Kier molecular flexibility index (Phi) is 3.40. The Morgan fingerprint density at radius 2 is 2.00 bits per heavy atom. The molecule has 1 aliphatic heterocycles. The molecule has 0 spiro atoms. The Bertz CT molecular complexity index is 450. The van der Waals surface area contributed by atoms with E-state index in [1.54, 1.807) is 0 Å². The Hall–Kier alpha value is -1.04. The summed E-state index contributed by atoms with van der Waals surface area (Å²) in [5.74, 6) is -0.501. The zero-order chi connectivity index (χ0) is 13.5. The second-order valence-corrected chi connectivity index (χ2v) is 5.10. The second-order valence-electron chi connectivity index (χ2n) is 4.71. The summed E-state index contributed by atoms with van der Waals surface area (Å²) in [6.45, 7) is 4.71. The molecular weight excluding hydrogens is 267 g/mol. The molecule has 2 heterocycles. The number of alkyl halides is 3. The molecule has 0 aromatic carbocycles. The molecule has 18 heavy (non-hydrogen) atoms. The quantitative estimate of drug-likeness (QED) is 0.738. The van der Waals surface area contributed by atoms with Crippen molar-refractivity contribution in [2.45, 2.75) is 32.5 Å². The van der Waals surface area contributed by atoms with Gasteiger partial charge in [0.25, 0.3) is 0 Å². The molecule has 0 amide bonds. The number of aromatic nitrogens is 2. The first kappa shape index (κ1) is 13.4. The predicted octanol–water partition coefficient (Wildman–Crippen LogP) is 3.38. The highest BCUT2D eigenvalue weighted by atomic mass is 35.5. The van der Waals surface area contributed by atoms with Crippen LogP contribution in [0.3, 0.4) is 0 Å². The van der Waals surface area contributed by atoms with E-state index in [4.69, 9.17) is 11.6 Å². The summed E-state index contributed by atoms with van der Waals surface area (Å²) in [4.78, 5) is 8.64. The van der Waals surface area contributed by atoms with Crippen LogP contribution in [-0.4, -0.2) is 22.6 Å². The minimum Gasteiger partial charge on any atom is -0.353 e. The van der Waals surface area contributed by atoms with Gasteiger partial charge in [-0.3, -0.25) is 0 Å². The summed E-state index contributed by atoms with van der Waals surface area (Å²) in [5.41, 5.74) is 0. The Morgan fingerprint density at radius 3 is 2.50 bits per heavy atom. The molecule has 100 valence electrons. The largest absolute Gasteiger partial charge is 0.451 e. The van der Waals surface area contributed by atoms with Gasteiger partial charge >= 0.3 is 6.18 Å². The van der Waals surface area contributed by atoms with E-state index in [-0.39, 0.29) is 17.0 Å². The highest BCUT2D eigenvalue weighted by molar-refractivity contribution is 6.29. The lowest BCUT2D eigenvalue weighted by atomic mass is 10.1. The second kappa shape index (κ2) is 4.57. The minimum absolute atomic E-state index is 0.159. The summed E-state index contributed by atoms with van der Waals surface area (Å²) in [6.07, 6.45) is -3.64. The van der Waals surface area contributed by atoms with E-state index in [9.17, 15) is 13.2 Å². The molecule has 7 heteroatoms. The van der Waals surface area contributed by atoms with Gasteiger partial charge in [0.2, 0.25) is 5.82 Å².